The molecule has 17 heavy (non-hydrogen) atoms. The van der Waals surface area contributed by atoms with Gasteiger partial charge < -0.3 is 24.0 Å². The van der Waals surface area contributed by atoms with Gasteiger partial charge in [-0.15, -0.1) is 0 Å². The lowest BCUT2D eigenvalue weighted by atomic mass is 10.1. The molecule has 1 aromatic carbocycles. The zero-order chi connectivity index (χ0) is 11.0. The second-order valence-corrected chi connectivity index (χ2v) is 4.06. The molecule has 1 aromatic heterocycles. The average Bonchev–Trinajstić information content (AvgIpc) is 2.69. The molecule has 0 amide bonds. The van der Waals surface area contributed by atoms with E-state index in [9.17, 15) is 4.79 Å². The van der Waals surface area contributed by atoms with Gasteiger partial charge in [0.05, 0.1) is 0 Å². The van der Waals surface area contributed by atoms with Gasteiger partial charge in [0, 0.05) is 24.1 Å². The molecule has 3 heteroatoms. The van der Waals surface area contributed by atoms with Crippen LogP contribution in [-0.2, 0) is 6.42 Å². The lowest BCUT2D eigenvalue weighted by Crippen LogP contribution is -3.00. The highest BCUT2D eigenvalue weighted by atomic mass is 127. The summed E-state index contributed by atoms with van der Waals surface area (Å²) < 4.78 is 1.99. The van der Waals surface area contributed by atoms with Gasteiger partial charge in [0.25, 0.3) is 0 Å². The molecule has 1 atom stereocenters. The van der Waals surface area contributed by atoms with Crippen molar-refractivity contribution in [1.29, 1.82) is 0 Å². The zero-order valence-electron chi connectivity index (χ0n) is 9.21. The highest BCUT2D eigenvalue weighted by Crippen LogP contribution is 2.26. The number of carbonyl (C=O) groups excluding carboxylic acids is 1. The Morgan fingerprint density at radius 3 is 2.41 bits per heavy atom. The molecule has 3 rings (SSSR count). The summed E-state index contributed by atoms with van der Waals surface area (Å²) in [6, 6.07) is 13.7. The molecule has 2 aromatic rings. The monoisotopic (exact) mass is 337 g/mol. The van der Waals surface area contributed by atoms with E-state index in [2.05, 4.69) is 0 Å². The number of hydrogen-bond acceptors (Lipinski definition) is 1. The maximum atomic E-state index is 12.2. The summed E-state index contributed by atoms with van der Waals surface area (Å²) in [5.74, 6) is 0.229. The van der Waals surface area contributed by atoms with Crippen molar-refractivity contribution in [2.45, 2.75) is 12.5 Å². The number of fused-ring (bicyclic) bond motifs is 1. The number of ketones is 1. The van der Waals surface area contributed by atoms with Crippen LogP contribution < -0.4 is 28.5 Å². The Bertz CT molecular complexity index is 539. The van der Waals surface area contributed by atoms with Crippen molar-refractivity contribution in [1.82, 2.24) is 0 Å². The lowest BCUT2D eigenvalue weighted by Gasteiger charge is -2.01. The van der Waals surface area contributed by atoms with Crippen LogP contribution in [0.4, 0.5) is 0 Å². The van der Waals surface area contributed by atoms with Crippen molar-refractivity contribution in [2.24, 2.45) is 0 Å². The van der Waals surface area contributed by atoms with Crippen LogP contribution in [0.2, 0.25) is 0 Å². The summed E-state index contributed by atoms with van der Waals surface area (Å²) in [5.41, 5.74) is 2.04. The van der Waals surface area contributed by atoms with Crippen LogP contribution in [-0.4, -0.2) is 5.78 Å². The highest BCUT2D eigenvalue weighted by molar-refractivity contribution is 6.02. The molecular weight excluding hydrogens is 325 g/mol. The molecule has 1 aliphatic carbocycles. The normalized spacial score (nSPS) is 17.4. The van der Waals surface area contributed by atoms with Gasteiger partial charge in [0.2, 0.25) is 11.8 Å². The predicted molar refractivity (Wildman–Crippen MR) is 60.2 cm³/mol. The smallest absolute Gasteiger partial charge is 0.231 e. The number of hydrogen-bond donors (Lipinski definition) is 0. The minimum Gasteiger partial charge on any atom is -1.00 e. The van der Waals surface area contributed by atoms with Crippen LogP contribution >= 0.6 is 0 Å². The van der Waals surface area contributed by atoms with Crippen LogP contribution in [0, 0.1) is 0 Å². The fourth-order valence-corrected chi connectivity index (χ4v) is 2.28. The van der Waals surface area contributed by atoms with Crippen LogP contribution in [0.1, 0.15) is 22.0 Å². The molecule has 0 saturated carbocycles. The van der Waals surface area contributed by atoms with Crippen molar-refractivity contribution in [3.63, 3.8) is 0 Å². The lowest BCUT2D eigenvalue weighted by molar-refractivity contribution is -0.707. The number of nitrogens with zero attached hydrogens (tertiary/aromatic N) is 1. The number of pyridine rings is 1. The van der Waals surface area contributed by atoms with Crippen LogP contribution in [0.5, 0.6) is 0 Å². The summed E-state index contributed by atoms with van der Waals surface area (Å²) >= 11 is 0. The highest BCUT2D eigenvalue weighted by Gasteiger charge is 2.36. The van der Waals surface area contributed by atoms with Gasteiger partial charge in [0.15, 0.2) is 12.4 Å². The molecular formula is C14H12INO. The summed E-state index contributed by atoms with van der Waals surface area (Å²) in [6.07, 6.45) is 4.71. The third-order valence-corrected chi connectivity index (χ3v) is 3.10. The molecule has 0 aliphatic heterocycles. The van der Waals surface area contributed by atoms with E-state index in [-0.39, 0.29) is 35.8 Å². The van der Waals surface area contributed by atoms with Crippen molar-refractivity contribution >= 4 is 5.78 Å². The fourth-order valence-electron chi connectivity index (χ4n) is 2.28. The molecule has 86 valence electrons. The average molecular weight is 337 g/mol. The number of rotatable bonds is 1. The molecule has 0 radical (unpaired) electrons. The first-order chi connectivity index (χ1) is 7.86. The Labute approximate surface area is 117 Å². The standard InChI is InChI=1S/C14H12NO.HI/c16-14-12-7-3-2-6-11(12)10-13(14)15-8-4-1-5-9-15;/h1-9,13H,10H2;1H/q+1;/p-1. The fraction of sp³-hybridized carbons (Fsp3) is 0.143. The van der Waals surface area contributed by atoms with Gasteiger partial charge in [0.1, 0.15) is 0 Å². The van der Waals surface area contributed by atoms with Crippen molar-refractivity contribution < 1.29 is 33.3 Å². The molecule has 0 N–H and O–H groups in total. The molecule has 1 heterocycles. The van der Waals surface area contributed by atoms with E-state index in [1.165, 1.54) is 0 Å². The number of Topliss-reactive ketones (excluding diaryl/α,β-unsaturated/α-hetero) is 1. The number of carbonyl (C=O) groups is 1. The van der Waals surface area contributed by atoms with Gasteiger partial charge in [-0.05, 0) is 5.56 Å². The Hall–Kier alpha value is -1.23. The third kappa shape index (κ3) is 2.11. The number of benzene rings is 1. The van der Waals surface area contributed by atoms with Gasteiger partial charge in [-0.25, -0.2) is 0 Å². The molecule has 1 aliphatic rings. The summed E-state index contributed by atoms with van der Waals surface area (Å²) in [7, 11) is 0. The molecule has 2 nitrogen and oxygen atoms in total. The van der Waals surface area contributed by atoms with Crippen LogP contribution in [0.25, 0.3) is 0 Å². The number of aromatic nitrogens is 1. The Balaban J connectivity index is 0.00000108. The Morgan fingerprint density at radius 2 is 1.71 bits per heavy atom. The SMILES string of the molecule is O=C1c2ccccc2CC1[n+]1ccccc1.[I-]. The maximum Gasteiger partial charge on any atom is 0.231 e. The molecule has 0 bridgehead atoms. The van der Waals surface area contributed by atoms with Crippen LogP contribution in [0.15, 0.2) is 54.9 Å². The quantitative estimate of drug-likeness (QED) is 0.481. The molecule has 0 saturated heterocycles. The minimum atomic E-state index is -0.0569. The zero-order valence-corrected chi connectivity index (χ0v) is 11.4. The molecule has 1 unspecified atom stereocenters. The Morgan fingerprint density at radius 1 is 1.00 bits per heavy atom. The summed E-state index contributed by atoms with van der Waals surface area (Å²) in [6.45, 7) is 0. The first-order valence-electron chi connectivity index (χ1n) is 5.44. The summed E-state index contributed by atoms with van der Waals surface area (Å²) in [5, 5.41) is 0. The van der Waals surface area contributed by atoms with Gasteiger partial charge in [-0.3, -0.25) is 4.79 Å². The van der Waals surface area contributed by atoms with E-state index < -0.39 is 0 Å². The van der Waals surface area contributed by atoms with Crippen molar-refractivity contribution in [2.75, 3.05) is 0 Å². The minimum absolute atomic E-state index is 0. The van der Waals surface area contributed by atoms with E-state index in [4.69, 9.17) is 0 Å². The van der Waals surface area contributed by atoms with Gasteiger partial charge in [-0.1, -0.05) is 30.3 Å². The number of halogens is 1. The third-order valence-electron chi connectivity index (χ3n) is 3.10. The first-order valence-corrected chi connectivity index (χ1v) is 5.44. The van der Waals surface area contributed by atoms with Crippen molar-refractivity contribution in [3.8, 4) is 0 Å². The topological polar surface area (TPSA) is 20.9 Å². The summed E-state index contributed by atoms with van der Waals surface area (Å²) in [4.78, 5) is 12.2. The van der Waals surface area contributed by atoms with E-state index in [1.807, 2.05) is 59.4 Å². The Kier molecular flexibility index (Phi) is 3.57. The maximum absolute atomic E-state index is 12.2. The first kappa shape index (κ1) is 12.2. The van der Waals surface area contributed by atoms with Gasteiger partial charge >= 0.3 is 0 Å². The van der Waals surface area contributed by atoms with E-state index in [0.717, 1.165) is 17.5 Å². The van der Waals surface area contributed by atoms with E-state index in [1.54, 1.807) is 0 Å². The van der Waals surface area contributed by atoms with Gasteiger partial charge in [-0.2, -0.15) is 4.57 Å². The second-order valence-electron chi connectivity index (χ2n) is 4.06. The van der Waals surface area contributed by atoms with Crippen molar-refractivity contribution in [3.05, 3.63) is 66.0 Å². The molecule has 0 spiro atoms. The molecule has 0 fully saturated rings. The van der Waals surface area contributed by atoms with E-state index in [0.29, 0.717) is 0 Å². The van der Waals surface area contributed by atoms with E-state index >= 15 is 0 Å². The largest absolute Gasteiger partial charge is 1.00 e. The van der Waals surface area contributed by atoms with Crippen LogP contribution in [0.3, 0.4) is 0 Å². The second kappa shape index (κ2) is 4.96. The predicted octanol–water partition coefficient (Wildman–Crippen LogP) is -1.04.